The van der Waals surface area contributed by atoms with E-state index in [0.29, 0.717) is 11.1 Å². The number of allylic oxidation sites excluding steroid dienone is 1. The summed E-state index contributed by atoms with van der Waals surface area (Å²) in [5.74, 6) is -3.68. The van der Waals surface area contributed by atoms with Crippen molar-refractivity contribution in [1.29, 1.82) is 0 Å². The summed E-state index contributed by atoms with van der Waals surface area (Å²) < 4.78 is 78.4. The average molecular weight is 619 g/mol. The van der Waals surface area contributed by atoms with Gasteiger partial charge in [0.25, 0.3) is 5.91 Å². The Morgan fingerprint density at radius 3 is 2.14 bits per heavy atom. The Labute approximate surface area is 222 Å². The van der Waals surface area contributed by atoms with Gasteiger partial charge in [0.15, 0.2) is 0 Å². The summed E-state index contributed by atoms with van der Waals surface area (Å²) in [7, 11) is 0. The van der Waals surface area contributed by atoms with Crippen molar-refractivity contribution in [3.8, 4) is 0 Å². The molecule has 1 amide bonds. The first kappa shape index (κ1) is 30.2. The van der Waals surface area contributed by atoms with Crippen molar-refractivity contribution in [2.45, 2.75) is 51.0 Å². The normalized spacial score (nSPS) is 14.1. The van der Waals surface area contributed by atoms with E-state index in [0.717, 1.165) is 6.08 Å². The van der Waals surface area contributed by atoms with Gasteiger partial charge in [0.05, 0.1) is 20.4 Å². The van der Waals surface area contributed by atoms with E-state index in [2.05, 4.69) is 21.2 Å². The fourth-order valence-electron chi connectivity index (χ4n) is 3.41. The molecule has 12 heteroatoms. The standard InChI is InChI=1S/C24H20BrCl2F6NO2/c1-12-7-14(3-5-17(12)22(36)34-13(2)8-16(35)11-23(28,29)30)4-6-18(24(31,32)33)15-9-19(26)21(25)20(27)10-15/h3-7,9-10,13,18H,8,11H2,1-2H3,(H,34,36)/b6-4+/t13-,18?/m1/s1. The van der Waals surface area contributed by atoms with Crippen LogP contribution in [0.4, 0.5) is 26.3 Å². The quantitative estimate of drug-likeness (QED) is 0.238. The zero-order chi connectivity index (χ0) is 27.4. The van der Waals surface area contributed by atoms with E-state index in [1.54, 1.807) is 6.92 Å². The fourth-order valence-corrected chi connectivity index (χ4v) is 4.14. The molecule has 2 rings (SSSR count). The molecular weight excluding hydrogens is 599 g/mol. The van der Waals surface area contributed by atoms with Gasteiger partial charge in [-0.1, -0.05) is 47.5 Å². The van der Waals surface area contributed by atoms with Gasteiger partial charge in [0, 0.05) is 18.0 Å². The molecule has 1 unspecified atom stereocenters. The molecule has 0 bridgehead atoms. The second-order valence-electron chi connectivity index (χ2n) is 8.16. The van der Waals surface area contributed by atoms with E-state index in [1.165, 1.54) is 43.3 Å². The van der Waals surface area contributed by atoms with Gasteiger partial charge in [0.2, 0.25) is 0 Å². The van der Waals surface area contributed by atoms with Crippen molar-refractivity contribution in [2.75, 3.05) is 0 Å². The number of hydrogen-bond donors (Lipinski definition) is 1. The van der Waals surface area contributed by atoms with E-state index in [9.17, 15) is 35.9 Å². The van der Waals surface area contributed by atoms with E-state index in [4.69, 9.17) is 23.2 Å². The zero-order valence-electron chi connectivity index (χ0n) is 18.8. The Bertz CT molecular complexity index is 1140. The minimum atomic E-state index is -4.63. The van der Waals surface area contributed by atoms with Gasteiger partial charge in [-0.05, 0) is 64.7 Å². The van der Waals surface area contributed by atoms with Crippen LogP contribution in [-0.2, 0) is 4.79 Å². The molecule has 0 saturated heterocycles. The number of Topliss-reactive ketones (excluding diaryl/α,β-unsaturated/α-hetero) is 1. The van der Waals surface area contributed by atoms with E-state index in [-0.39, 0.29) is 25.6 Å². The molecular formula is C24H20BrCl2F6NO2. The SMILES string of the molecule is Cc1cc(/C=C/C(c2cc(Cl)c(Br)c(Cl)c2)C(F)(F)F)ccc1C(=O)N[C@H](C)CC(=O)CC(F)(F)F. The number of nitrogens with one attached hydrogen (secondary N) is 1. The summed E-state index contributed by atoms with van der Waals surface area (Å²) in [6.45, 7) is 2.96. The van der Waals surface area contributed by atoms with Crippen molar-refractivity contribution in [3.05, 3.63) is 73.2 Å². The maximum atomic E-state index is 13.7. The van der Waals surface area contributed by atoms with Crippen LogP contribution in [-0.4, -0.2) is 30.1 Å². The number of aryl methyl sites for hydroxylation is 1. The van der Waals surface area contributed by atoms with Gasteiger partial charge in [-0.15, -0.1) is 0 Å². The van der Waals surface area contributed by atoms with Crippen LogP contribution in [0.15, 0.2) is 40.9 Å². The Hall–Kier alpha value is -2.04. The summed E-state index contributed by atoms with van der Waals surface area (Å²) >= 11 is 15.0. The first-order chi connectivity index (χ1) is 16.5. The summed E-state index contributed by atoms with van der Waals surface area (Å²) in [5.41, 5.74) is 0.808. The van der Waals surface area contributed by atoms with Crippen molar-refractivity contribution >= 4 is 56.9 Å². The third-order valence-electron chi connectivity index (χ3n) is 5.00. The largest absolute Gasteiger partial charge is 0.399 e. The lowest BCUT2D eigenvalue weighted by Crippen LogP contribution is -2.35. The van der Waals surface area contributed by atoms with Gasteiger partial charge in [-0.3, -0.25) is 9.59 Å². The number of benzene rings is 2. The number of amides is 1. The molecule has 2 atom stereocenters. The van der Waals surface area contributed by atoms with Crippen LogP contribution in [0, 0.1) is 6.92 Å². The van der Waals surface area contributed by atoms with Crippen molar-refractivity contribution < 1.29 is 35.9 Å². The number of alkyl halides is 6. The molecule has 0 aromatic heterocycles. The van der Waals surface area contributed by atoms with Crippen LogP contribution in [0.1, 0.15) is 52.7 Å². The summed E-state index contributed by atoms with van der Waals surface area (Å²) in [6, 6.07) is 5.78. The highest BCUT2D eigenvalue weighted by molar-refractivity contribution is 9.10. The van der Waals surface area contributed by atoms with Crippen LogP contribution < -0.4 is 5.32 Å². The first-order valence-corrected chi connectivity index (χ1v) is 11.9. The molecule has 3 nitrogen and oxygen atoms in total. The summed E-state index contributed by atoms with van der Waals surface area (Å²) in [6.07, 6.45) is -9.14. The van der Waals surface area contributed by atoms with Gasteiger partial charge in [-0.25, -0.2) is 0 Å². The summed E-state index contributed by atoms with van der Waals surface area (Å²) in [4.78, 5) is 24.0. The van der Waals surface area contributed by atoms with Gasteiger partial charge in [-0.2, -0.15) is 26.3 Å². The maximum absolute atomic E-state index is 13.7. The molecule has 0 fully saturated rings. The molecule has 0 spiro atoms. The van der Waals surface area contributed by atoms with Crippen LogP contribution in [0.3, 0.4) is 0 Å². The van der Waals surface area contributed by atoms with Gasteiger partial charge < -0.3 is 5.32 Å². The third kappa shape index (κ3) is 8.81. The first-order valence-electron chi connectivity index (χ1n) is 10.4. The highest BCUT2D eigenvalue weighted by Gasteiger charge is 2.39. The lowest BCUT2D eigenvalue weighted by molar-refractivity contribution is -0.152. The monoisotopic (exact) mass is 617 g/mol. The molecule has 36 heavy (non-hydrogen) atoms. The second kappa shape index (κ2) is 12.0. The Kier molecular flexibility index (Phi) is 10.1. The molecule has 0 aliphatic heterocycles. The van der Waals surface area contributed by atoms with Gasteiger partial charge in [0.1, 0.15) is 12.2 Å². The Morgan fingerprint density at radius 1 is 1.06 bits per heavy atom. The molecule has 0 heterocycles. The number of carbonyl (C=O) groups excluding carboxylic acids is 2. The third-order valence-corrected chi connectivity index (χ3v) is 6.91. The van der Waals surface area contributed by atoms with Gasteiger partial charge >= 0.3 is 12.4 Å². The molecule has 1 N–H and O–H groups in total. The second-order valence-corrected chi connectivity index (χ2v) is 9.77. The van der Waals surface area contributed by atoms with Crippen LogP contribution >= 0.6 is 39.1 Å². The van der Waals surface area contributed by atoms with E-state index >= 15 is 0 Å². The maximum Gasteiger partial charge on any atom is 0.399 e. The van der Waals surface area contributed by atoms with Crippen molar-refractivity contribution in [2.24, 2.45) is 0 Å². The lowest BCUT2D eigenvalue weighted by atomic mass is 9.96. The number of rotatable bonds is 8. The topological polar surface area (TPSA) is 46.2 Å². The molecule has 0 radical (unpaired) electrons. The predicted molar refractivity (Wildman–Crippen MR) is 130 cm³/mol. The minimum absolute atomic E-state index is 0.0284. The van der Waals surface area contributed by atoms with Crippen molar-refractivity contribution in [1.82, 2.24) is 5.32 Å². The van der Waals surface area contributed by atoms with E-state index in [1.807, 2.05) is 0 Å². The van der Waals surface area contributed by atoms with Crippen molar-refractivity contribution in [3.63, 3.8) is 0 Å². The molecule has 2 aromatic carbocycles. The predicted octanol–water partition coefficient (Wildman–Crippen LogP) is 8.45. The summed E-state index contributed by atoms with van der Waals surface area (Å²) in [5, 5.41) is 2.51. The van der Waals surface area contributed by atoms with Crippen LogP contribution in [0.25, 0.3) is 6.08 Å². The van der Waals surface area contributed by atoms with E-state index < -0.39 is 48.8 Å². The number of ketones is 1. The minimum Gasteiger partial charge on any atom is -0.349 e. The van der Waals surface area contributed by atoms with Crippen LogP contribution in [0.5, 0.6) is 0 Å². The molecule has 0 saturated carbocycles. The Balaban J connectivity index is 2.18. The fraction of sp³-hybridized carbons (Fsp3) is 0.333. The Morgan fingerprint density at radius 2 is 1.64 bits per heavy atom. The number of hydrogen-bond acceptors (Lipinski definition) is 2. The number of halogens is 9. The lowest BCUT2D eigenvalue weighted by Gasteiger charge is -2.18. The highest BCUT2D eigenvalue weighted by Crippen LogP contribution is 2.41. The molecule has 0 aliphatic rings. The molecule has 0 aliphatic carbocycles. The zero-order valence-corrected chi connectivity index (χ0v) is 21.9. The average Bonchev–Trinajstić information content (AvgIpc) is 2.69. The molecule has 2 aromatic rings. The smallest absolute Gasteiger partial charge is 0.349 e. The number of carbonyl (C=O) groups is 2. The van der Waals surface area contributed by atoms with Crippen LogP contribution in [0.2, 0.25) is 10.0 Å². The molecule has 196 valence electrons. The highest BCUT2D eigenvalue weighted by atomic mass is 79.9.